The molecule has 14 heavy (non-hydrogen) atoms. The zero-order chi connectivity index (χ0) is 10.6. The standard InChI is InChI=1S/C11H17NOS/c1-9-4-3-5-11(6-9)14(13)8-10(2)7-12/h3-6,10H,7-8,12H2,1-2H3. The van der Waals surface area contributed by atoms with Crippen molar-refractivity contribution in [3.8, 4) is 0 Å². The van der Waals surface area contributed by atoms with Crippen molar-refractivity contribution in [2.24, 2.45) is 11.7 Å². The van der Waals surface area contributed by atoms with Gasteiger partial charge >= 0.3 is 0 Å². The molecule has 0 amide bonds. The molecule has 2 unspecified atom stereocenters. The van der Waals surface area contributed by atoms with E-state index in [1.807, 2.05) is 38.1 Å². The van der Waals surface area contributed by atoms with Crippen LogP contribution in [0.1, 0.15) is 12.5 Å². The Kier molecular flexibility index (Phi) is 4.29. The third-order valence-corrected chi connectivity index (χ3v) is 3.74. The first kappa shape index (κ1) is 11.4. The molecular weight excluding hydrogens is 194 g/mol. The summed E-state index contributed by atoms with van der Waals surface area (Å²) in [4.78, 5) is 0.908. The molecule has 0 aromatic heterocycles. The summed E-state index contributed by atoms with van der Waals surface area (Å²) in [6.07, 6.45) is 0. The van der Waals surface area contributed by atoms with Crippen LogP contribution in [-0.2, 0) is 10.8 Å². The fourth-order valence-electron chi connectivity index (χ4n) is 1.18. The maximum absolute atomic E-state index is 11.8. The second-order valence-corrected chi connectivity index (χ2v) is 5.17. The molecule has 0 heterocycles. The maximum Gasteiger partial charge on any atom is 0.0532 e. The molecule has 1 aromatic rings. The molecule has 2 nitrogen and oxygen atoms in total. The molecule has 1 rings (SSSR count). The molecule has 2 N–H and O–H groups in total. The highest BCUT2D eigenvalue weighted by Crippen LogP contribution is 2.11. The second-order valence-electron chi connectivity index (χ2n) is 3.67. The molecule has 0 saturated heterocycles. The van der Waals surface area contributed by atoms with Gasteiger partial charge in [0.25, 0.3) is 0 Å². The van der Waals surface area contributed by atoms with Crippen LogP contribution in [0, 0.1) is 12.8 Å². The first-order valence-electron chi connectivity index (χ1n) is 4.78. The highest BCUT2D eigenvalue weighted by Gasteiger charge is 2.08. The summed E-state index contributed by atoms with van der Waals surface area (Å²) in [5, 5.41) is 0. The molecule has 0 radical (unpaired) electrons. The highest BCUT2D eigenvalue weighted by atomic mass is 32.2. The maximum atomic E-state index is 11.8. The highest BCUT2D eigenvalue weighted by molar-refractivity contribution is 7.85. The third kappa shape index (κ3) is 3.24. The zero-order valence-electron chi connectivity index (χ0n) is 8.69. The van der Waals surface area contributed by atoms with Gasteiger partial charge in [-0.05, 0) is 37.1 Å². The van der Waals surface area contributed by atoms with Gasteiger partial charge in [-0.15, -0.1) is 0 Å². The first-order valence-corrected chi connectivity index (χ1v) is 6.10. The Morgan fingerprint density at radius 1 is 1.50 bits per heavy atom. The minimum Gasteiger partial charge on any atom is -0.330 e. The quantitative estimate of drug-likeness (QED) is 0.823. The van der Waals surface area contributed by atoms with Gasteiger partial charge in [-0.25, -0.2) is 0 Å². The van der Waals surface area contributed by atoms with Crippen LogP contribution in [0.2, 0.25) is 0 Å². The molecular formula is C11H17NOS. The van der Waals surface area contributed by atoms with Crippen LogP contribution in [0.15, 0.2) is 29.2 Å². The summed E-state index contributed by atoms with van der Waals surface area (Å²) >= 11 is 0. The fourth-order valence-corrected chi connectivity index (χ4v) is 2.57. The normalized spacial score (nSPS) is 15.1. The van der Waals surface area contributed by atoms with Crippen LogP contribution < -0.4 is 5.73 Å². The summed E-state index contributed by atoms with van der Waals surface area (Å²) in [5.41, 5.74) is 6.64. The predicted octanol–water partition coefficient (Wildman–Crippen LogP) is 1.70. The van der Waals surface area contributed by atoms with E-state index in [9.17, 15) is 4.21 Å². The van der Waals surface area contributed by atoms with Crippen LogP contribution >= 0.6 is 0 Å². The molecule has 0 spiro atoms. The number of rotatable bonds is 4. The lowest BCUT2D eigenvalue weighted by Crippen LogP contribution is -2.17. The average Bonchev–Trinajstić information content (AvgIpc) is 2.17. The van der Waals surface area contributed by atoms with Gasteiger partial charge in [0.05, 0.1) is 10.8 Å². The van der Waals surface area contributed by atoms with Crippen molar-refractivity contribution in [1.29, 1.82) is 0 Å². The monoisotopic (exact) mass is 211 g/mol. The van der Waals surface area contributed by atoms with Crippen molar-refractivity contribution in [2.75, 3.05) is 12.3 Å². The predicted molar refractivity (Wildman–Crippen MR) is 60.7 cm³/mol. The number of nitrogens with two attached hydrogens (primary N) is 1. The van der Waals surface area contributed by atoms with E-state index in [2.05, 4.69) is 0 Å². The Morgan fingerprint density at radius 3 is 2.79 bits per heavy atom. The van der Waals surface area contributed by atoms with Gasteiger partial charge in [0.15, 0.2) is 0 Å². The number of hydrogen-bond acceptors (Lipinski definition) is 2. The molecule has 0 fully saturated rings. The number of benzene rings is 1. The molecule has 2 atom stereocenters. The van der Waals surface area contributed by atoms with Gasteiger partial charge in [-0.3, -0.25) is 4.21 Å². The lowest BCUT2D eigenvalue weighted by atomic mass is 10.2. The van der Waals surface area contributed by atoms with Crippen molar-refractivity contribution in [3.63, 3.8) is 0 Å². The molecule has 0 aliphatic carbocycles. The second kappa shape index (κ2) is 5.27. The Bertz CT molecular complexity index is 325. The lowest BCUT2D eigenvalue weighted by Gasteiger charge is -2.08. The van der Waals surface area contributed by atoms with E-state index in [0.717, 1.165) is 10.5 Å². The molecule has 0 saturated carbocycles. The molecule has 0 aliphatic heterocycles. The van der Waals surface area contributed by atoms with Crippen LogP contribution in [-0.4, -0.2) is 16.5 Å². The SMILES string of the molecule is Cc1cccc(S(=O)CC(C)CN)c1. The van der Waals surface area contributed by atoms with Gasteiger partial charge in [0, 0.05) is 10.6 Å². The first-order chi connectivity index (χ1) is 6.63. The van der Waals surface area contributed by atoms with Crippen LogP contribution in [0.3, 0.4) is 0 Å². The number of aryl methyl sites for hydroxylation is 1. The van der Waals surface area contributed by atoms with Crippen molar-refractivity contribution < 1.29 is 4.21 Å². The molecule has 0 aliphatic rings. The van der Waals surface area contributed by atoms with Crippen molar-refractivity contribution in [3.05, 3.63) is 29.8 Å². The summed E-state index contributed by atoms with van der Waals surface area (Å²) < 4.78 is 11.8. The van der Waals surface area contributed by atoms with E-state index in [0.29, 0.717) is 18.2 Å². The van der Waals surface area contributed by atoms with Crippen LogP contribution in [0.25, 0.3) is 0 Å². The Balaban J connectivity index is 2.70. The van der Waals surface area contributed by atoms with Gasteiger partial charge in [-0.2, -0.15) is 0 Å². The van der Waals surface area contributed by atoms with Gasteiger partial charge in [0.1, 0.15) is 0 Å². The topological polar surface area (TPSA) is 43.1 Å². The number of hydrogen-bond donors (Lipinski definition) is 1. The van der Waals surface area contributed by atoms with Crippen molar-refractivity contribution >= 4 is 10.8 Å². The minimum atomic E-state index is -0.904. The van der Waals surface area contributed by atoms with E-state index >= 15 is 0 Å². The van der Waals surface area contributed by atoms with E-state index in [4.69, 9.17) is 5.73 Å². The van der Waals surface area contributed by atoms with E-state index < -0.39 is 10.8 Å². The Morgan fingerprint density at radius 2 is 2.21 bits per heavy atom. The minimum absolute atomic E-state index is 0.316. The molecule has 0 bridgehead atoms. The van der Waals surface area contributed by atoms with Gasteiger partial charge < -0.3 is 5.73 Å². The van der Waals surface area contributed by atoms with Crippen LogP contribution in [0.4, 0.5) is 0 Å². The fraction of sp³-hybridized carbons (Fsp3) is 0.455. The Labute approximate surface area is 88.0 Å². The van der Waals surface area contributed by atoms with Gasteiger partial charge in [-0.1, -0.05) is 19.1 Å². The third-order valence-electron chi connectivity index (χ3n) is 2.09. The summed E-state index contributed by atoms with van der Waals surface area (Å²) in [6, 6.07) is 7.83. The zero-order valence-corrected chi connectivity index (χ0v) is 9.51. The smallest absolute Gasteiger partial charge is 0.0532 e. The van der Waals surface area contributed by atoms with E-state index in [1.165, 1.54) is 0 Å². The lowest BCUT2D eigenvalue weighted by molar-refractivity contribution is 0.641. The summed E-state index contributed by atoms with van der Waals surface area (Å²) in [7, 11) is -0.904. The largest absolute Gasteiger partial charge is 0.330 e. The molecule has 3 heteroatoms. The molecule has 1 aromatic carbocycles. The van der Waals surface area contributed by atoms with E-state index in [-0.39, 0.29) is 0 Å². The molecule has 78 valence electrons. The summed E-state index contributed by atoms with van der Waals surface area (Å²) in [5.74, 6) is 0.969. The van der Waals surface area contributed by atoms with E-state index in [1.54, 1.807) is 0 Å². The van der Waals surface area contributed by atoms with Crippen molar-refractivity contribution in [1.82, 2.24) is 0 Å². The van der Waals surface area contributed by atoms with Crippen LogP contribution in [0.5, 0.6) is 0 Å². The van der Waals surface area contributed by atoms with Gasteiger partial charge in [0.2, 0.25) is 0 Å². The van der Waals surface area contributed by atoms with Crippen molar-refractivity contribution in [2.45, 2.75) is 18.7 Å². The Hall–Kier alpha value is -0.670. The summed E-state index contributed by atoms with van der Waals surface area (Å²) in [6.45, 7) is 4.62. The average molecular weight is 211 g/mol.